The highest BCUT2D eigenvalue weighted by molar-refractivity contribution is 7.18. The molecule has 1 fully saturated rings. The Bertz CT molecular complexity index is 585. The van der Waals surface area contributed by atoms with Crippen LogP contribution in [0.5, 0.6) is 0 Å². The van der Waals surface area contributed by atoms with Crippen molar-refractivity contribution in [2.75, 3.05) is 19.4 Å². The fraction of sp³-hybridized carbons (Fsp3) is 0.600. The van der Waals surface area contributed by atoms with Crippen LogP contribution in [0.1, 0.15) is 30.6 Å². The molecule has 1 saturated carbocycles. The number of anilines is 1. The number of nitrogens with zero attached hydrogens (tertiary/aromatic N) is 3. The normalized spacial score (nSPS) is 23.4. The first-order valence-corrected chi connectivity index (χ1v) is 8.09. The first-order valence-electron chi connectivity index (χ1n) is 7.27. The maximum Gasteiger partial charge on any atom is 0.138 e. The lowest BCUT2D eigenvalue weighted by Crippen LogP contribution is -2.36. The van der Waals surface area contributed by atoms with Gasteiger partial charge in [-0.3, -0.25) is 0 Å². The number of aryl methyl sites for hydroxylation is 1. The summed E-state index contributed by atoms with van der Waals surface area (Å²) in [5.41, 5.74) is 0. The molecule has 2 aromatic heterocycles. The number of fused-ring (bicyclic) bond motifs is 1. The Kier molecular flexibility index (Phi) is 3.89. The van der Waals surface area contributed by atoms with Crippen LogP contribution in [0.15, 0.2) is 12.4 Å². The maximum atomic E-state index is 4.44. The molecule has 0 saturated heterocycles. The molecule has 0 radical (unpaired) electrons. The summed E-state index contributed by atoms with van der Waals surface area (Å²) in [7, 11) is 4.36. The minimum absolute atomic E-state index is 0.546. The number of rotatable bonds is 3. The van der Waals surface area contributed by atoms with Gasteiger partial charge >= 0.3 is 0 Å². The standard InChI is InChI=1S/C15H22N4S/c1-10-8-13-14(16-9-17-15(13)20-10)18-11-4-6-12(7-5-11)19(2)3/h8-9,11-12H,4-7H2,1-3H3,(H,16,17,18)/t11-,12-. The number of nitrogens with one attached hydrogen (secondary N) is 1. The van der Waals surface area contributed by atoms with Gasteiger partial charge in [-0.05, 0) is 52.8 Å². The van der Waals surface area contributed by atoms with Crippen molar-refractivity contribution in [1.29, 1.82) is 0 Å². The third kappa shape index (κ3) is 2.79. The molecule has 2 heterocycles. The number of aromatic nitrogens is 2. The zero-order valence-electron chi connectivity index (χ0n) is 12.4. The van der Waals surface area contributed by atoms with E-state index in [2.05, 4.69) is 47.3 Å². The van der Waals surface area contributed by atoms with E-state index in [-0.39, 0.29) is 0 Å². The third-order valence-electron chi connectivity index (χ3n) is 4.22. The summed E-state index contributed by atoms with van der Waals surface area (Å²) in [5.74, 6) is 1.01. The van der Waals surface area contributed by atoms with Crippen LogP contribution in [0.25, 0.3) is 10.2 Å². The van der Waals surface area contributed by atoms with Gasteiger partial charge in [-0.1, -0.05) is 0 Å². The van der Waals surface area contributed by atoms with Gasteiger partial charge in [-0.25, -0.2) is 9.97 Å². The Hall–Kier alpha value is -1.20. The molecule has 0 bridgehead atoms. The van der Waals surface area contributed by atoms with E-state index in [9.17, 15) is 0 Å². The van der Waals surface area contributed by atoms with E-state index >= 15 is 0 Å². The van der Waals surface area contributed by atoms with Gasteiger partial charge in [-0.2, -0.15) is 0 Å². The first kappa shape index (κ1) is 13.8. The van der Waals surface area contributed by atoms with E-state index in [4.69, 9.17) is 0 Å². The Morgan fingerprint density at radius 3 is 2.65 bits per heavy atom. The zero-order valence-corrected chi connectivity index (χ0v) is 13.2. The summed E-state index contributed by atoms with van der Waals surface area (Å²) in [5, 5.41) is 4.80. The minimum atomic E-state index is 0.546. The largest absolute Gasteiger partial charge is 0.367 e. The molecule has 3 rings (SSSR count). The highest BCUT2D eigenvalue weighted by Crippen LogP contribution is 2.30. The summed E-state index contributed by atoms with van der Waals surface area (Å²) in [4.78, 5) is 13.5. The van der Waals surface area contributed by atoms with Crippen LogP contribution in [0.4, 0.5) is 5.82 Å². The number of thiophene rings is 1. The second-order valence-electron chi connectivity index (χ2n) is 5.91. The lowest BCUT2D eigenvalue weighted by molar-refractivity contribution is 0.221. The van der Waals surface area contributed by atoms with Gasteiger partial charge in [0.25, 0.3) is 0 Å². The zero-order chi connectivity index (χ0) is 14.1. The molecule has 1 aliphatic rings. The average Bonchev–Trinajstić information content (AvgIpc) is 2.81. The van der Waals surface area contributed by atoms with Gasteiger partial charge in [0.05, 0.1) is 5.39 Å². The minimum Gasteiger partial charge on any atom is -0.367 e. The molecule has 0 atom stereocenters. The summed E-state index contributed by atoms with van der Waals surface area (Å²) in [6.45, 7) is 2.12. The molecular weight excluding hydrogens is 268 g/mol. The molecule has 1 aliphatic carbocycles. The quantitative estimate of drug-likeness (QED) is 0.942. The van der Waals surface area contributed by atoms with Crippen LogP contribution in [0.2, 0.25) is 0 Å². The van der Waals surface area contributed by atoms with Gasteiger partial charge in [0.2, 0.25) is 0 Å². The van der Waals surface area contributed by atoms with E-state index < -0.39 is 0 Å². The van der Waals surface area contributed by atoms with Gasteiger partial charge < -0.3 is 10.2 Å². The number of hydrogen-bond acceptors (Lipinski definition) is 5. The molecular formula is C15H22N4S. The summed E-state index contributed by atoms with van der Waals surface area (Å²) >= 11 is 1.73. The Morgan fingerprint density at radius 1 is 1.20 bits per heavy atom. The lowest BCUT2D eigenvalue weighted by atomic mass is 9.90. The van der Waals surface area contributed by atoms with E-state index in [0.717, 1.165) is 16.7 Å². The fourth-order valence-electron chi connectivity index (χ4n) is 3.02. The fourth-order valence-corrected chi connectivity index (χ4v) is 3.87. The van der Waals surface area contributed by atoms with Crippen LogP contribution >= 0.6 is 11.3 Å². The smallest absolute Gasteiger partial charge is 0.138 e. The van der Waals surface area contributed by atoms with Crippen molar-refractivity contribution < 1.29 is 0 Å². The summed E-state index contributed by atoms with van der Waals surface area (Å²) in [6, 6.07) is 3.47. The topological polar surface area (TPSA) is 41.0 Å². The second kappa shape index (κ2) is 5.66. The maximum absolute atomic E-state index is 4.44. The molecule has 0 unspecified atom stereocenters. The van der Waals surface area contributed by atoms with Crippen molar-refractivity contribution in [3.05, 3.63) is 17.3 Å². The van der Waals surface area contributed by atoms with Gasteiger partial charge in [0.1, 0.15) is 17.0 Å². The van der Waals surface area contributed by atoms with Crippen LogP contribution in [-0.2, 0) is 0 Å². The van der Waals surface area contributed by atoms with Gasteiger partial charge in [0.15, 0.2) is 0 Å². The molecule has 108 valence electrons. The predicted octanol–water partition coefficient (Wildman–Crippen LogP) is 3.28. The van der Waals surface area contributed by atoms with Crippen molar-refractivity contribution in [3.8, 4) is 0 Å². The van der Waals surface area contributed by atoms with Crippen molar-refractivity contribution in [2.24, 2.45) is 0 Å². The molecule has 20 heavy (non-hydrogen) atoms. The van der Waals surface area contributed by atoms with Crippen LogP contribution < -0.4 is 5.32 Å². The summed E-state index contributed by atoms with van der Waals surface area (Å²) in [6.07, 6.45) is 6.64. The van der Waals surface area contributed by atoms with Crippen molar-refractivity contribution in [2.45, 2.75) is 44.7 Å². The molecule has 5 heteroatoms. The van der Waals surface area contributed by atoms with Gasteiger partial charge in [0, 0.05) is 17.0 Å². The molecule has 0 spiro atoms. The van der Waals surface area contributed by atoms with Crippen molar-refractivity contribution >= 4 is 27.4 Å². The van der Waals surface area contributed by atoms with Gasteiger partial charge in [-0.15, -0.1) is 11.3 Å². The Morgan fingerprint density at radius 2 is 1.95 bits per heavy atom. The third-order valence-corrected chi connectivity index (χ3v) is 5.18. The average molecular weight is 290 g/mol. The van der Waals surface area contributed by atoms with Crippen LogP contribution in [0.3, 0.4) is 0 Å². The number of hydrogen-bond donors (Lipinski definition) is 1. The molecule has 4 nitrogen and oxygen atoms in total. The SMILES string of the molecule is Cc1cc2c(N[C@H]3CC[C@H](N(C)C)CC3)ncnc2s1. The Labute approximate surface area is 124 Å². The van der Waals surface area contributed by atoms with Crippen molar-refractivity contribution in [1.82, 2.24) is 14.9 Å². The highest BCUT2D eigenvalue weighted by atomic mass is 32.1. The monoisotopic (exact) mass is 290 g/mol. The first-order chi connectivity index (χ1) is 9.63. The van der Waals surface area contributed by atoms with Crippen molar-refractivity contribution in [3.63, 3.8) is 0 Å². The molecule has 2 aromatic rings. The Balaban J connectivity index is 1.71. The van der Waals surface area contributed by atoms with E-state index in [1.54, 1.807) is 17.7 Å². The van der Waals surface area contributed by atoms with E-state index in [1.807, 2.05) is 0 Å². The lowest BCUT2D eigenvalue weighted by Gasteiger charge is -2.33. The molecule has 0 amide bonds. The summed E-state index contributed by atoms with van der Waals surface area (Å²) < 4.78 is 0. The van der Waals surface area contributed by atoms with E-state index in [0.29, 0.717) is 6.04 Å². The van der Waals surface area contributed by atoms with E-state index in [1.165, 1.54) is 35.9 Å². The molecule has 0 aliphatic heterocycles. The predicted molar refractivity (Wildman–Crippen MR) is 85.5 cm³/mol. The molecule has 0 aromatic carbocycles. The van der Waals surface area contributed by atoms with Crippen LogP contribution in [-0.4, -0.2) is 41.0 Å². The molecule has 1 N–H and O–H groups in total. The highest BCUT2D eigenvalue weighted by Gasteiger charge is 2.23. The van der Waals surface area contributed by atoms with Crippen LogP contribution in [0, 0.1) is 6.92 Å². The second-order valence-corrected chi connectivity index (χ2v) is 7.15.